The lowest BCUT2D eigenvalue weighted by Gasteiger charge is -2.16. The van der Waals surface area contributed by atoms with Crippen molar-refractivity contribution < 1.29 is 32.2 Å². The van der Waals surface area contributed by atoms with Gasteiger partial charge in [0.2, 0.25) is 11.8 Å². The Morgan fingerprint density at radius 2 is 1.83 bits per heavy atom. The molecule has 0 aliphatic carbocycles. The third-order valence-electron chi connectivity index (χ3n) is 3.06. The second kappa shape index (κ2) is 9.24. The Balaban J connectivity index is 2.60. The first-order valence-electron chi connectivity index (χ1n) is 7.05. The van der Waals surface area contributed by atoms with Gasteiger partial charge < -0.3 is 20.5 Å². The molecule has 0 unspecified atom stereocenters. The van der Waals surface area contributed by atoms with Gasteiger partial charge in [0.15, 0.2) is 0 Å². The molecule has 1 atom stereocenters. The maximum atomic E-state index is 12.5. The number of hydrogen-bond donors (Lipinski definition) is 2. The molecule has 0 fully saturated rings. The Morgan fingerprint density at radius 1 is 1.21 bits per heavy atom. The van der Waals surface area contributed by atoms with Gasteiger partial charge in [-0.2, -0.15) is 13.2 Å². The van der Waals surface area contributed by atoms with E-state index in [1.54, 1.807) is 0 Å². The van der Waals surface area contributed by atoms with E-state index in [0.29, 0.717) is 12.2 Å². The average molecular weight is 348 g/mol. The van der Waals surface area contributed by atoms with Crippen molar-refractivity contribution in [3.05, 3.63) is 35.4 Å². The summed E-state index contributed by atoms with van der Waals surface area (Å²) in [6.07, 6.45) is -4.45. The maximum Gasteiger partial charge on any atom is 0.416 e. The zero-order valence-electron chi connectivity index (χ0n) is 13.1. The summed E-state index contributed by atoms with van der Waals surface area (Å²) in [4.78, 5) is 23.1. The van der Waals surface area contributed by atoms with E-state index in [0.717, 1.165) is 12.1 Å². The van der Waals surface area contributed by atoms with E-state index >= 15 is 0 Å². The molecular formula is C15H19F3N2O4. The molecule has 24 heavy (non-hydrogen) atoms. The first-order chi connectivity index (χ1) is 11.2. The third-order valence-corrected chi connectivity index (χ3v) is 3.06. The number of amides is 2. The van der Waals surface area contributed by atoms with E-state index in [1.807, 2.05) is 0 Å². The van der Waals surface area contributed by atoms with Crippen molar-refractivity contribution in [3.63, 3.8) is 0 Å². The van der Waals surface area contributed by atoms with Crippen LogP contribution in [0.25, 0.3) is 0 Å². The SMILES string of the molecule is COCCOCC(=O)N[C@H](Cc1ccc(C(F)(F)F)cc1)C(N)=O. The predicted octanol–water partition coefficient (Wildman–Crippen LogP) is 0.881. The minimum atomic E-state index is -4.44. The molecule has 3 N–H and O–H groups in total. The number of methoxy groups -OCH3 is 1. The quantitative estimate of drug-likeness (QED) is 0.648. The second-order valence-corrected chi connectivity index (χ2v) is 4.97. The smallest absolute Gasteiger partial charge is 0.382 e. The molecule has 0 bridgehead atoms. The van der Waals surface area contributed by atoms with E-state index in [-0.39, 0.29) is 19.6 Å². The van der Waals surface area contributed by atoms with Gasteiger partial charge in [0.25, 0.3) is 0 Å². The van der Waals surface area contributed by atoms with Crippen molar-refractivity contribution in [3.8, 4) is 0 Å². The summed E-state index contributed by atoms with van der Waals surface area (Å²) in [5, 5.41) is 2.39. The fraction of sp³-hybridized carbons (Fsp3) is 0.467. The minimum Gasteiger partial charge on any atom is -0.382 e. The lowest BCUT2D eigenvalue weighted by atomic mass is 10.0. The van der Waals surface area contributed by atoms with Gasteiger partial charge in [-0.15, -0.1) is 0 Å². The Morgan fingerprint density at radius 3 is 2.33 bits per heavy atom. The summed E-state index contributed by atoms with van der Waals surface area (Å²) < 4.78 is 47.3. The number of nitrogens with two attached hydrogens (primary N) is 1. The molecule has 6 nitrogen and oxygen atoms in total. The Labute approximate surface area is 137 Å². The first-order valence-corrected chi connectivity index (χ1v) is 7.05. The average Bonchev–Trinajstić information content (AvgIpc) is 2.50. The highest BCUT2D eigenvalue weighted by Crippen LogP contribution is 2.29. The molecule has 0 aliphatic heterocycles. The van der Waals surface area contributed by atoms with E-state index in [4.69, 9.17) is 15.2 Å². The monoisotopic (exact) mass is 348 g/mol. The largest absolute Gasteiger partial charge is 0.416 e. The molecular weight excluding hydrogens is 329 g/mol. The molecule has 0 saturated heterocycles. The summed E-state index contributed by atoms with van der Waals surface area (Å²) >= 11 is 0. The number of nitrogens with one attached hydrogen (secondary N) is 1. The highest BCUT2D eigenvalue weighted by atomic mass is 19.4. The molecule has 0 aliphatic rings. The number of alkyl halides is 3. The van der Waals surface area contributed by atoms with Gasteiger partial charge in [0, 0.05) is 13.5 Å². The lowest BCUT2D eigenvalue weighted by molar-refractivity contribution is -0.137. The van der Waals surface area contributed by atoms with Gasteiger partial charge in [-0.3, -0.25) is 9.59 Å². The Hall–Kier alpha value is -2.13. The normalized spacial score (nSPS) is 12.7. The van der Waals surface area contributed by atoms with Crippen LogP contribution in [0.1, 0.15) is 11.1 Å². The van der Waals surface area contributed by atoms with Crippen LogP contribution in [0.3, 0.4) is 0 Å². The zero-order valence-corrected chi connectivity index (χ0v) is 13.1. The number of primary amides is 1. The van der Waals surface area contributed by atoms with E-state index in [2.05, 4.69) is 5.32 Å². The van der Waals surface area contributed by atoms with E-state index < -0.39 is 29.6 Å². The second-order valence-electron chi connectivity index (χ2n) is 4.97. The van der Waals surface area contributed by atoms with Crippen LogP contribution in [-0.4, -0.2) is 44.8 Å². The first kappa shape index (κ1) is 19.9. The van der Waals surface area contributed by atoms with Crippen LogP contribution >= 0.6 is 0 Å². The van der Waals surface area contributed by atoms with Crippen molar-refractivity contribution in [2.75, 3.05) is 26.9 Å². The molecule has 9 heteroatoms. The van der Waals surface area contributed by atoms with E-state index in [1.165, 1.54) is 19.2 Å². The number of benzene rings is 1. The zero-order chi connectivity index (χ0) is 18.2. The van der Waals surface area contributed by atoms with E-state index in [9.17, 15) is 22.8 Å². The molecule has 1 aromatic rings. The predicted molar refractivity (Wildman–Crippen MR) is 79.0 cm³/mol. The molecule has 0 radical (unpaired) electrons. The molecule has 0 aromatic heterocycles. The Bertz CT molecular complexity index is 547. The number of carbonyl (C=O) groups excluding carboxylic acids is 2. The Kier molecular flexibility index (Phi) is 7.66. The minimum absolute atomic E-state index is 0.0166. The summed E-state index contributed by atoms with van der Waals surface area (Å²) in [5.74, 6) is -1.35. The van der Waals surface area contributed by atoms with Gasteiger partial charge >= 0.3 is 6.18 Å². The molecule has 0 saturated carbocycles. The standard InChI is InChI=1S/C15H19F3N2O4/c1-23-6-7-24-9-13(21)20-12(14(19)22)8-10-2-4-11(5-3-10)15(16,17)18/h2-5,12H,6-9H2,1H3,(H2,19,22)(H,20,21)/t12-/m1/s1. The van der Waals surface area contributed by atoms with Crippen LogP contribution < -0.4 is 11.1 Å². The number of ether oxygens (including phenoxy) is 2. The highest BCUT2D eigenvalue weighted by Gasteiger charge is 2.30. The van der Waals surface area contributed by atoms with Crippen molar-refractivity contribution >= 4 is 11.8 Å². The number of rotatable bonds is 9. The van der Waals surface area contributed by atoms with Crippen molar-refractivity contribution in [2.24, 2.45) is 5.73 Å². The topological polar surface area (TPSA) is 90.7 Å². The molecule has 134 valence electrons. The van der Waals surface area contributed by atoms with Crippen molar-refractivity contribution in [1.82, 2.24) is 5.32 Å². The van der Waals surface area contributed by atoms with Gasteiger partial charge in [-0.05, 0) is 17.7 Å². The molecule has 0 heterocycles. The number of hydrogen-bond acceptors (Lipinski definition) is 4. The van der Waals surface area contributed by atoms with Gasteiger partial charge in [0.1, 0.15) is 12.6 Å². The number of halogens is 3. The van der Waals surface area contributed by atoms with Crippen molar-refractivity contribution in [2.45, 2.75) is 18.6 Å². The highest BCUT2D eigenvalue weighted by molar-refractivity contribution is 5.87. The summed E-state index contributed by atoms with van der Waals surface area (Å²) in [7, 11) is 1.48. The summed E-state index contributed by atoms with van der Waals surface area (Å²) in [5.41, 5.74) is 4.86. The fourth-order valence-corrected chi connectivity index (χ4v) is 1.83. The molecule has 0 spiro atoms. The van der Waals surface area contributed by atoms with Crippen LogP contribution in [0.4, 0.5) is 13.2 Å². The van der Waals surface area contributed by atoms with Gasteiger partial charge in [-0.25, -0.2) is 0 Å². The molecule has 1 aromatic carbocycles. The maximum absolute atomic E-state index is 12.5. The van der Waals surface area contributed by atoms with Gasteiger partial charge in [0.05, 0.1) is 18.8 Å². The summed E-state index contributed by atoms with van der Waals surface area (Å²) in [6, 6.07) is 3.24. The number of carbonyl (C=O) groups is 2. The summed E-state index contributed by atoms with van der Waals surface area (Å²) in [6.45, 7) is 0.252. The van der Waals surface area contributed by atoms with Crippen LogP contribution in [0.2, 0.25) is 0 Å². The van der Waals surface area contributed by atoms with Crippen LogP contribution in [-0.2, 0) is 31.7 Å². The fourth-order valence-electron chi connectivity index (χ4n) is 1.83. The van der Waals surface area contributed by atoms with Crippen LogP contribution in [0.5, 0.6) is 0 Å². The molecule has 1 rings (SSSR count). The van der Waals surface area contributed by atoms with Gasteiger partial charge in [-0.1, -0.05) is 12.1 Å². The van der Waals surface area contributed by atoms with Crippen LogP contribution in [0, 0.1) is 0 Å². The third kappa shape index (κ3) is 6.97. The van der Waals surface area contributed by atoms with Crippen molar-refractivity contribution in [1.29, 1.82) is 0 Å². The van der Waals surface area contributed by atoms with Crippen LogP contribution in [0.15, 0.2) is 24.3 Å². The molecule has 2 amide bonds. The lowest BCUT2D eigenvalue weighted by Crippen LogP contribution is -2.47.